The molecule has 3 rings (SSSR count). The molecule has 130 valence electrons. The normalized spacial score (nSPS) is 22.1. The fourth-order valence-electron chi connectivity index (χ4n) is 2.43. The Balaban J connectivity index is 1.77. The maximum atomic E-state index is 12.5. The molecule has 2 fully saturated rings. The summed E-state index contributed by atoms with van der Waals surface area (Å²) in [5.74, 6) is -0.664. The van der Waals surface area contributed by atoms with Crippen molar-refractivity contribution in [3.8, 4) is 0 Å². The van der Waals surface area contributed by atoms with Crippen LogP contribution in [0.5, 0.6) is 0 Å². The number of aliphatic carboxylic acids is 1. The summed E-state index contributed by atoms with van der Waals surface area (Å²) in [7, 11) is 1.63. The van der Waals surface area contributed by atoms with Gasteiger partial charge in [-0.2, -0.15) is 0 Å². The number of carboxylic acids is 1. The molecule has 0 radical (unpaired) electrons. The van der Waals surface area contributed by atoms with Crippen molar-refractivity contribution in [3.63, 3.8) is 0 Å². The van der Waals surface area contributed by atoms with Crippen LogP contribution in [-0.2, 0) is 9.59 Å². The third kappa shape index (κ3) is 3.58. The Morgan fingerprint density at radius 2 is 2.00 bits per heavy atom. The molecule has 0 bridgehead atoms. The van der Waals surface area contributed by atoms with Crippen LogP contribution in [0.4, 0.5) is 0 Å². The summed E-state index contributed by atoms with van der Waals surface area (Å²) in [4.78, 5) is 39.0. The van der Waals surface area contributed by atoms with E-state index in [-0.39, 0.29) is 11.8 Å². The molecule has 1 N–H and O–H groups in total. The van der Waals surface area contributed by atoms with Crippen molar-refractivity contribution in [2.45, 2.75) is 6.04 Å². The van der Waals surface area contributed by atoms with Crippen molar-refractivity contribution in [2.24, 2.45) is 0 Å². The number of hydrogen-bond acceptors (Lipinski definition) is 6. The van der Waals surface area contributed by atoms with E-state index in [1.54, 1.807) is 37.4 Å². The van der Waals surface area contributed by atoms with Crippen LogP contribution < -0.4 is 0 Å². The minimum absolute atomic E-state index is 0.145. The molecule has 6 nitrogen and oxygen atoms in total. The number of carbonyl (C=O) groups excluding carboxylic acids is 2. The number of rotatable bonds is 3. The van der Waals surface area contributed by atoms with Gasteiger partial charge in [0, 0.05) is 18.4 Å². The molecule has 2 saturated heterocycles. The molecule has 9 heteroatoms. The van der Waals surface area contributed by atoms with Crippen LogP contribution in [0.1, 0.15) is 15.9 Å². The molecule has 0 saturated carbocycles. The second-order valence-electron chi connectivity index (χ2n) is 5.49. The van der Waals surface area contributed by atoms with E-state index >= 15 is 0 Å². The number of hydrogen-bond donors (Lipinski definition) is 1. The smallest absolute Gasteiger partial charge is 0.327 e. The second-order valence-corrected chi connectivity index (χ2v) is 8.17. The Morgan fingerprint density at radius 3 is 2.56 bits per heavy atom. The van der Waals surface area contributed by atoms with Gasteiger partial charge in [-0.1, -0.05) is 36.1 Å². The first-order chi connectivity index (χ1) is 11.9. The first-order valence-electron chi connectivity index (χ1n) is 7.31. The number of carboxylic acid groups (broad SMARTS) is 1. The molecular formula is C16H14N2O4S3. The van der Waals surface area contributed by atoms with Crippen molar-refractivity contribution in [3.05, 3.63) is 40.3 Å². The van der Waals surface area contributed by atoms with Crippen LogP contribution in [0.2, 0.25) is 0 Å². The second kappa shape index (κ2) is 7.19. The van der Waals surface area contributed by atoms with Gasteiger partial charge in [-0.15, -0.1) is 11.8 Å². The molecule has 1 unspecified atom stereocenters. The highest BCUT2D eigenvalue weighted by Crippen LogP contribution is 2.31. The molecule has 2 aliphatic heterocycles. The number of thiocarbonyl (C=S) groups is 1. The predicted molar refractivity (Wildman–Crippen MR) is 102 cm³/mol. The molecule has 2 amide bonds. The Bertz CT molecular complexity index is 791. The average Bonchev–Trinajstić information content (AvgIpc) is 3.17. The van der Waals surface area contributed by atoms with Gasteiger partial charge in [-0.3, -0.25) is 14.5 Å². The maximum Gasteiger partial charge on any atom is 0.327 e. The molecule has 2 aliphatic rings. The van der Waals surface area contributed by atoms with Crippen molar-refractivity contribution in [2.75, 3.05) is 18.7 Å². The van der Waals surface area contributed by atoms with Crippen LogP contribution >= 0.6 is 35.7 Å². The quantitative estimate of drug-likeness (QED) is 0.621. The van der Waals surface area contributed by atoms with Gasteiger partial charge >= 0.3 is 5.97 Å². The van der Waals surface area contributed by atoms with Crippen LogP contribution in [0.15, 0.2) is 29.2 Å². The number of benzene rings is 1. The molecule has 0 spiro atoms. The monoisotopic (exact) mass is 394 g/mol. The summed E-state index contributed by atoms with van der Waals surface area (Å²) >= 11 is 7.75. The lowest BCUT2D eigenvalue weighted by molar-refractivity contribution is -0.140. The molecule has 0 aromatic heterocycles. The van der Waals surface area contributed by atoms with E-state index in [0.717, 1.165) is 5.56 Å². The van der Waals surface area contributed by atoms with Gasteiger partial charge in [-0.25, -0.2) is 4.79 Å². The van der Waals surface area contributed by atoms with Gasteiger partial charge < -0.3 is 10.0 Å². The Hall–Kier alpha value is -1.84. The van der Waals surface area contributed by atoms with Crippen LogP contribution in [0.25, 0.3) is 6.08 Å². The third-order valence-corrected chi connectivity index (χ3v) is 6.37. The number of carbonyl (C=O) groups is 3. The minimum atomic E-state index is -0.989. The molecule has 0 aliphatic carbocycles. The zero-order chi connectivity index (χ0) is 18.1. The number of likely N-dealkylation sites (N-methyl/N-ethyl adjacent to an activating group) is 1. The zero-order valence-corrected chi connectivity index (χ0v) is 15.6. The van der Waals surface area contributed by atoms with Crippen LogP contribution in [0.3, 0.4) is 0 Å². The number of nitrogens with zero attached hydrogens (tertiary/aromatic N) is 2. The lowest BCUT2D eigenvalue weighted by atomic mass is 10.1. The topological polar surface area (TPSA) is 77.9 Å². The van der Waals surface area contributed by atoms with Crippen LogP contribution in [-0.4, -0.2) is 61.7 Å². The Morgan fingerprint density at radius 1 is 1.32 bits per heavy atom. The van der Waals surface area contributed by atoms with E-state index in [1.165, 1.54) is 33.3 Å². The van der Waals surface area contributed by atoms with Gasteiger partial charge in [0.05, 0.1) is 10.8 Å². The predicted octanol–water partition coefficient (Wildman–Crippen LogP) is 2.12. The summed E-state index contributed by atoms with van der Waals surface area (Å²) in [5.41, 5.74) is 1.20. The summed E-state index contributed by atoms with van der Waals surface area (Å²) in [6, 6.07) is 5.96. The van der Waals surface area contributed by atoms with Gasteiger partial charge in [0.25, 0.3) is 11.8 Å². The SMILES string of the molecule is CN1C(=O)/C(=C\c2ccc(C(=O)N3CSCC3C(=O)O)cc2)SC1=S. The fraction of sp³-hybridized carbons (Fsp3) is 0.250. The van der Waals surface area contributed by atoms with E-state index in [4.69, 9.17) is 12.2 Å². The highest BCUT2D eigenvalue weighted by atomic mass is 32.2. The van der Waals surface area contributed by atoms with Crippen molar-refractivity contribution in [1.82, 2.24) is 9.80 Å². The fourth-order valence-corrected chi connectivity index (χ4v) is 4.76. The molecule has 1 aromatic carbocycles. The van der Waals surface area contributed by atoms with Crippen LogP contribution in [0, 0.1) is 0 Å². The van der Waals surface area contributed by atoms with Crippen molar-refractivity contribution < 1.29 is 19.5 Å². The number of thioether (sulfide) groups is 2. The van der Waals surface area contributed by atoms with Gasteiger partial charge in [0.1, 0.15) is 10.4 Å². The van der Waals surface area contributed by atoms with Gasteiger partial charge in [0.2, 0.25) is 0 Å². The van der Waals surface area contributed by atoms with Gasteiger partial charge in [0.15, 0.2) is 0 Å². The summed E-state index contributed by atoms with van der Waals surface area (Å²) in [5, 5.41) is 9.19. The zero-order valence-electron chi connectivity index (χ0n) is 13.2. The van der Waals surface area contributed by atoms with Crippen molar-refractivity contribution >= 4 is 63.9 Å². The van der Waals surface area contributed by atoms with E-state index in [2.05, 4.69) is 0 Å². The van der Waals surface area contributed by atoms with Gasteiger partial charge in [-0.05, 0) is 23.8 Å². The van der Waals surface area contributed by atoms with E-state index < -0.39 is 12.0 Å². The summed E-state index contributed by atoms with van der Waals surface area (Å²) < 4.78 is 0.509. The molecule has 1 atom stereocenters. The molecule has 2 heterocycles. The third-order valence-electron chi connectivity index (χ3n) is 3.87. The minimum Gasteiger partial charge on any atom is -0.480 e. The first kappa shape index (κ1) is 18.0. The standard InChI is InChI=1S/C16H14N2O4S3/c1-17-14(20)12(25-16(17)23)6-9-2-4-10(5-3-9)13(19)18-8-24-7-11(18)15(21)22/h2-6,11H,7-8H2,1H3,(H,21,22)/b12-6+. The van der Waals surface area contributed by atoms with Crippen molar-refractivity contribution in [1.29, 1.82) is 0 Å². The number of amides is 2. The average molecular weight is 394 g/mol. The Labute approximate surface area is 158 Å². The highest BCUT2D eigenvalue weighted by molar-refractivity contribution is 8.26. The van der Waals surface area contributed by atoms with E-state index in [0.29, 0.717) is 26.4 Å². The Kier molecular flexibility index (Phi) is 5.16. The molecular weight excluding hydrogens is 380 g/mol. The molecule has 1 aromatic rings. The summed E-state index contributed by atoms with van der Waals surface area (Å²) in [6.07, 6.45) is 1.73. The lowest BCUT2D eigenvalue weighted by Crippen LogP contribution is -2.41. The first-order valence-corrected chi connectivity index (χ1v) is 9.69. The van der Waals surface area contributed by atoms with E-state index in [9.17, 15) is 19.5 Å². The maximum absolute atomic E-state index is 12.5. The largest absolute Gasteiger partial charge is 0.480 e. The molecule has 25 heavy (non-hydrogen) atoms. The lowest BCUT2D eigenvalue weighted by Gasteiger charge is -2.20. The highest BCUT2D eigenvalue weighted by Gasteiger charge is 2.35. The van der Waals surface area contributed by atoms with E-state index in [1.807, 2.05) is 0 Å². The summed E-state index contributed by atoms with van der Waals surface area (Å²) in [6.45, 7) is 0.